The number of hydrogen-bond donors (Lipinski definition) is 1. The Kier molecular flexibility index (Phi) is 10.3. The van der Waals surface area contributed by atoms with E-state index in [0.29, 0.717) is 23.6 Å². The molecule has 4 nitrogen and oxygen atoms in total. The first kappa shape index (κ1) is 25.2. The highest BCUT2D eigenvalue weighted by Crippen LogP contribution is 2.22. The van der Waals surface area contributed by atoms with Crippen LogP contribution in [0.25, 0.3) is 0 Å². The van der Waals surface area contributed by atoms with E-state index in [1.807, 2.05) is 45.0 Å². The quantitative estimate of drug-likeness (QED) is 0.435. The van der Waals surface area contributed by atoms with Crippen LogP contribution >= 0.6 is 23.4 Å². The van der Waals surface area contributed by atoms with Gasteiger partial charge in [-0.05, 0) is 61.7 Å². The molecule has 0 bridgehead atoms. The van der Waals surface area contributed by atoms with E-state index in [4.69, 9.17) is 11.6 Å². The summed E-state index contributed by atoms with van der Waals surface area (Å²) in [6.45, 7) is 6.10. The van der Waals surface area contributed by atoms with Crippen LogP contribution < -0.4 is 5.32 Å². The van der Waals surface area contributed by atoms with Crippen molar-refractivity contribution in [2.45, 2.75) is 63.6 Å². The van der Waals surface area contributed by atoms with Crippen molar-refractivity contribution in [3.63, 3.8) is 0 Å². The number of hydrogen-bond acceptors (Lipinski definition) is 3. The Bertz CT molecular complexity index is 846. The molecule has 2 atom stereocenters. The maximum Gasteiger partial charge on any atom is 0.243 e. The summed E-state index contributed by atoms with van der Waals surface area (Å²) < 4.78 is 13.3. The van der Waals surface area contributed by atoms with Gasteiger partial charge >= 0.3 is 0 Å². The summed E-state index contributed by atoms with van der Waals surface area (Å²) in [6.07, 6.45) is 1.60. The second-order valence-electron chi connectivity index (χ2n) is 7.44. The molecule has 0 aliphatic carbocycles. The first-order chi connectivity index (χ1) is 14.8. The van der Waals surface area contributed by atoms with Crippen LogP contribution in [0.3, 0.4) is 0 Å². The van der Waals surface area contributed by atoms with Gasteiger partial charge in [0.2, 0.25) is 11.8 Å². The zero-order valence-corrected chi connectivity index (χ0v) is 19.8. The van der Waals surface area contributed by atoms with Crippen molar-refractivity contribution >= 4 is 35.2 Å². The molecular weight excluding hydrogens is 435 g/mol. The lowest BCUT2D eigenvalue weighted by Gasteiger charge is -2.31. The van der Waals surface area contributed by atoms with Gasteiger partial charge in [0.1, 0.15) is 11.9 Å². The molecule has 0 unspecified atom stereocenters. The summed E-state index contributed by atoms with van der Waals surface area (Å²) in [6, 6.07) is 13.0. The molecule has 0 aliphatic rings. The van der Waals surface area contributed by atoms with Crippen LogP contribution in [0.4, 0.5) is 4.39 Å². The van der Waals surface area contributed by atoms with Gasteiger partial charge in [0.25, 0.3) is 0 Å². The zero-order valence-electron chi connectivity index (χ0n) is 18.2. The molecule has 2 aromatic carbocycles. The van der Waals surface area contributed by atoms with E-state index in [0.717, 1.165) is 16.9 Å². The summed E-state index contributed by atoms with van der Waals surface area (Å²) in [5.41, 5.74) is 0.787. The van der Waals surface area contributed by atoms with E-state index in [-0.39, 0.29) is 30.2 Å². The van der Waals surface area contributed by atoms with E-state index < -0.39 is 6.04 Å². The number of amides is 2. The van der Waals surface area contributed by atoms with Crippen LogP contribution in [0.15, 0.2) is 53.4 Å². The summed E-state index contributed by atoms with van der Waals surface area (Å²) in [5.74, 6) is 0.00113. The molecular formula is C24H30ClFN2O2S. The molecule has 0 aromatic heterocycles. The SMILES string of the molecule is CC[C@@H](C)NC(=O)[C@H](CC)N(Cc1ccc(F)cc1)C(=O)CCSc1ccc(Cl)cc1. The molecule has 2 amide bonds. The highest BCUT2D eigenvalue weighted by atomic mass is 35.5. The fourth-order valence-electron chi connectivity index (χ4n) is 3.08. The van der Waals surface area contributed by atoms with Crippen molar-refractivity contribution in [2.24, 2.45) is 0 Å². The molecule has 0 saturated carbocycles. The van der Waals surface area contributed by atoms with E-state index in [1.54, 1.807) is 28.8 Å². The second-order valence-corrected chi connectivity index (χ2v) is 9.05. The van der Waals surface area contributed by atoms with E-state index in [2.05, 4.69) is 5.32 Å². The normalized spacial score (nSPS) is 12.8. The van der Waals surface area contributed by atoms with Gasteiger partial charge in [0.15, 0.2) is 0 Å². The molecule has 0 spiro atoms. The fourth-order valence-corrected chi connectivity index (χ4v) is 4.04. The van der Waals surface area contributed by atoms with Gasteiger partial charge in [-0.3, -0.25) is 9.59 Å². The number of benzene rings is 2. The maximum absolute atomic E-state index is 13.3. The topological polar surface area (TPSA) is 49.4 Å². The minimum atomic E-state index is -0.577. The minimum Gasteiger partial charge on any atom is -0.352 e. The molecule has 0 heterocycles. The van der Waals surface area contributed by atoms with Crippen molar-refractivity contribution in [2.75, 3.05) is 5.75 Å². The van der Waals surface area contributed by atoms with Gasteiger partial charge < -0.3 is 10.2 Å². The summed E-state index contributed by atoms with van der Waals surface area (Å²) in [4.78, 5) is 28.7. The van der Waals surface area contributed by atoms with E-state index in [9.17, 15) is 14.0 Å². The van der Waals surface area contributed by atoms with Crippen LogP contribution in [0.2, 0.25) is 5.02 Å². The lowest BCUT2D eigenvalue weighted by molar-refractivity contribution is -0.141. The third kappa shape index (κ3) is 8.19. The number of halogens is 2. The Morgan fingerprint density at radius 1 is 1.06 bits per heavy atom. The third-order valence-corrected chi connectivity index (χ3v) is 6.32. The van der Waals surface area contributed by atoms with Crippen LogP contribution in [0.5, 0.6) is 0 Å². The molecule has 0 aliphatic heterocycles. The van der Waals surface area contributed by atoms with Crippen LogP contribution in [-0.2, 0) is 16.1 Å². The van der Waals surface area contributed by atoms with Crippen molar-refractivity contribution in [3.8, 4) is 0 Å². The zero-order chi connectivity index (χ0) is 22.8. The van der Waals surface area contributed by atoms with Crippen molar-refractivity contribution < 1.29 is 14.0 Å². The van der Waals surface area contributed by atoms with Gasteiger partial charge in [-0.25, -0.2) is 4.39 Å². The van der Waals surface area contributed by atoms with Crippen molar-refractivity contribution in [1.82, 2.24) is 10.2 Å². The van der Waals surface area contributed by atoms with Gasteiger partial charge in [-0.2, -0.15) is 0 Å². The van der Waals surface area contributed by atoms with Crippen LogP contribution in [0.1, 0.15) is 45.6 Å². The van der Waals surface area contributed by atoms with Gasteiger partial charge in [-0.1, -0.05) is 37.6 Å². The molecule has 31 heavy (non-hydrogen) atoms. The highest BCUT2D eigenvalue weighted by Gasteiger charge is 2.29. The fraction of sp³-hybridized carbons (Fsp3) is 0.417. The molecule has 0 fully saturated rings. The van der Waals surface area contributed by atoms with Gasteiger partial charge in [0.05, 0.1) is 0 Å². The maximum atomic E-state index is 13.3. The average Bonchev–Trinajstić information content (AvgIpc) is 2.76. The predicted octanol–water partition coefficient (Wildman–Crippen LogP) is 5.68. The largest absolute Gasteiger partial charge is 0.352 e. The number of nitrogens with one attached hydrogen (secondary N) is 1. The summed E-state index contributed by atoms with van der Waals surface area (Å²) in [5, 5.41) is 3.66. The number of rotatable bonds is 11. The number of carbonyl (C=O) groups excluding carboxylic acids is 2. The standard InChI is InChI=1S/C24H30ClFN2O2S/c1-4-17(3)27-24(30)22(5-2)28(16-18-6-10-20(26)11-7-18)23(29)14-15-31-21-12-8-19(25)9-13-21/h6-13,17,22H,4-5,14-16H2,1-3H3,(H,27,30)/t17-,22+/m1/s1. The Balaban J connectivity index is 2.12. The Morgan fingerprint density at radius 3 is 2.29 bits per heavy atom. The molecule has 168 valence electrons. The average molecular weight is 465 g/mol. The molecule has 1 N–H and O–H groups in total. The van der Waals surface area contributed by atoms with Gasteiger partial charge in [-0.15, -0.1) is 11.8 Å². The van der Waals surface area contributed by atoms with Crippen LogP contribution in [-0.4, -0.2) is 34.6 Å². The first-order valence-corrected chi connectivity index (χ1v) is 11.9. The molecule has 7 heteroatoms. The first-order valence-electron chi connectivity index (χ1n) is 10.6. The Hall–Kier alpha value is -2.05. The van der Waals surface area contributed by atoms with E-state index >= 15 is 0 Å². The van der Waals surface area contributed by atoms with E-state index in [1.165, 1.54) is 12.1 Å². The second kappa shape index (κ2) is 12.7. The monoisotopic (exact) mass is 464 g/mol. The summed E-state index contributed by atoms with van der Waals surface area (Å²) >= 11 is 7.49. The van der Waals surface area contributed by atoms with Crippen molar-refractivity contribution in [3.05, 3.63) is 64.9 Å². The smallest absolute Gasteiger partial charge is 0.243 e. The van der Waals surface area contributed by atoms with Gasteiger partial charge in [0, 0.05) is 34.7 Å². The van der Waals surface area contributed by atoms with Crippen molar-refractivity contribution in [1.29, 1.82) is 0 Å². The Morgan fingerprint density at radius 2 is 1.71 bits per heavy atom. The molecule has 2 rings (SSSR count). The van der Waals surface area contributed by atoms with Crippen LogP contribution in [0, 0.1) is 5.82 Å². The number of carbonyl (C=O) groups is 2. The number of nitrogens with zero attached hydrogens (tertiary/aromatic N) is 1. The lowest BCUT2D eigenvalue weighted by Crippen LogP contribution is -2.50. The summed E-state index contributed by atoms with van der Waals surface area (Å²) in [7, 11) is 0. The highest BCUT2D eigenvalue weighted by molar-refractivity contribution is 7.99. The lowest BCUT2D eigenvalue weighted by atomic mass is 10.1. The third-order valence-electron chi connectivity index (χ3n) is 5.05. The Labute approximate surface area is 193 Å². The predicted molar refractivity (Wildman–Crippen MR) is 126 cm³/mol. The molecule has 0 radical (unpaired) electrons. The minimum absolute atomic E-state index is 0.0322. The number of thioether (sulfide) groups is 1. The molecule has 2 aromatic rings. The molecule has 0 saturated heterocycles.